The summed E-state index contributed by atoms with van der Waals surface area (Å²) in [5, 5.41) is -0.144. The van der Waals surface area contributed by atoms with E-state index in [1.807, 2.05) is 0 Å². The number of halogens is 5. The molecule has 0 spiro atoms. The summed E-state index contributed by atoms with van der Waals surface area (Å²) in [7, 11) is 0. The van der Waals surface area contributed by atoms with Crippen LogP contribution in [-0.2, 0) is 6.18 Å². The Morgan fingerprint density at radius 1 is 1.29 bits per heavy atom. The zero-order valence-electron chi connectivity index (χ0n) is 10.4. The summed E-state index contributed by atoms with van der Waals surface area (Å²) in [5.74, 6) is 0. The van der Waals surface area contributed by atoms with E-state index in [0.717, 1.165) is 6.07 Å². The molecule has 21 heavy (non-hydrogen) atoms. The van der Waals surface area contributed by atoms with Crippen LogP contribution in [0.25, 0.3) is 5.69 Å². The van der Waals surface area contributed by atoms with Crippen molar-refractivity contribution in [3.63, 3.8) is 0 Å². The van der Waals surface area contributed by atoms with E-state index in [1.165, 1.54) is 13.0 Å². The predicted octanol–water partition coefficient (Wildman–Crippen LogP) is 3.27. The lowest BCUT2D eigenvalue weighted by molar-refractivity contribution is -0.138. The second-order valence-corrected chi connectivity index (χ2v) is 5.40. The van der Waals surface area contributed by atoms with Crippen molar-refractivity contribution in [2.45, 2.75) is 13.1 Å². The van der Waals surface area contributed by atoms with Crippen molar-refractivity contribution in [2.24, 2.45) is 0 Å². The molecule has 2 rings (SSSR count). The van der Waals surface area contributed by atoms with Crippen LogP contribution in [0.4, 0.5) is 13.2 Å². The van der Waals surface area contributed by atoms with E-state index < -0.39 is 23.0 Å². The molecule has 1 N–H and O–H groups in total. The Morgan fingerprint density at radius 2 is 1.90 bits per heavy atom. The minimum atomic E-state index is -4.62. The fourth-order valence-electron chi connectivity index (χ4n) is 1.70. The molecule has 0 saturated heterocycles. The van der Waals surface area contributed by atoms with Crippen LogP contribution in [0.15, 0.2) is 32.3 Å². The van der Waals surface area contributed by atoms with Gasteiger partial charge in [0.2, 0.25) is 0 Å². The SMILES string of the molecule is Cc1c(Cl)[nH]c(=O)n(-c2ccc(Br)c(C(F)(F)F)c2)c1=O. The van der Waals surface area contributed by atoms with E-state index in [9.17, 15) is 22.8 Å². The molecule has 1 aromatic heterocycles. The quantitative estimate of drug-likeness (QED) is 0.769. The van der Waals surface area contributed by atoms with Crippen molar-refractivity contribution in [2.75, 3.05) is 0 Å². The van der Waals surface area contributed by atoms with Crippen LogP contribution in [0, 0.1) is 6.92 Å². The van der Waals surface area contributed by atoms with Gasteiger partial charge in [0.15, 0.2) is 0 Å². The highest BCUT2D eigenvalue weighted by Crippen LogP contribution is 2.35. The molecule has 0 aliphatic rings. The van der Waals surface area contributed by atoms with Gasteiger partial charge in [-0.15, -0.1) is 0 Å². The number of aromatic nitrogens is 2. The third kappa shape index (κ3) is 2.91. The lowest BCUT2D eigenvalue weighted by Crippen LogP contribution is -2.35. The van der Waals surface area contributed by atoms with Crippen molar-refractivity contribution in [1.82, 2.24) is 9.55 Å². The summed E-state index contributed by atoms with van der Waals surface area (Å²) in [4.78, 5) is 26.0. The molecule has 0 saturated carbocycles. The highest BCUT2D eigenvalue weighted by molar-refractivity contribution is 9.10. The molecule has 1 heterocycles. The van der Waals surface area contributed by atoms with E-state index in [-0.39, 0.29) is 20.9 Å². The van der Waals surface area contributed by atoms with Gasteiger partial charge in [-0.3, -0.25) is 9.78 Å². The zero-order valence-corrected chi connectivity index (χ0v) is 12.7. The number of rotatable bonds is 1. The van der Waals surface area contributed by atoms with Gasteiger partial charge in [0.05, 0.1) is 16.8 Å². The molecular formula is C12H7BrClF3N2O2. The highest BCUT2D eigenvalue weighted by atomic mass is 79.9. The number of aromatic amines is 1. The van der Waals surface area contributed by atoms with Crippen molar-refractivity contribution in [1.29, 1.82) is 0 Å². The minimum Gasteiger partial charge on any atom is -0.297 e. The van der Waals surface area contributed by atoms with Crippen LogP contribution in [0.1, 0.15) is 11.1 Å². The summed E-state index contributed by atoms with van der Waals surface area (Å²) in [6.07, 6.45) is -4.62. The van der Waals surface area contributed by atoms with Crippen molar-refractivity contribution < 1.29 is 13.2 Å². The normalized spacial score (nSPS) is 11.7. The first-order valence-corrected chi connectivity index (χ1v) is 6.68. The molecule has 1 aromatic carbocycles. The molecule has 0 amide bonds. The third-order valence-corrected chi connectivity index (χ3v) is 3.86. The van der Waals surface area contributed by atoms with E-state index in [4.69, 9.17) is 11.6 Å². The number of alkyl halides is 3. The van der Waals surface area contributed by atoms with E-state index in [1.54, 1.807) is 0 Å². The minimum absolute atomic E-state index is 0.0349. The molecule has 112 valence electrons. The molecule has 0 fully saturated rings. The van der Waals surface area contributed by atoms with Gasteiger partial charge < -0.3 is 0 Å². The van der Waals surface area contributed by atoms with Crippen molar-refractivity contribution >= 4 is 27.5 Å². The number of benzene rings is 1. The maximum absolute atomic E-state index is 12.9. The van der Waals surface area contributed by atoms with Crippen LogP contribution in [-0.4, -0.2) is 9.55 Å². The molecule has 0 aliphatic heterocycles. The highest BCUT2D eigenvalue weighted by Gasteiger charge is 2.33. The van der Waals surface area contributed by atoms with Crippen molar-refractivity contribution in [3.05, 3.63) is 59.8 Å². The van der Waals surface area contributed by atoms with E-state index >= 15 is 0 Å². The molecule has 9 heteroatoms. The Kier molecular flexibility index (Phi) is 4.03. The van der Waals surface area contributed by atoms with Gasteiger partial charge in [0, 0.05) is 4.47 Å². The summed E-state index contributed by atoms with van der Waals surface area (Å²) >= 11 is 8.44. The average Bonchev–Trinajstić information content (AvgIpc) is 2.36. The summed E-state index contributed by atoms with van der Waals surface area (Å²) in [6, 6.07) is 3.06. The summed E-state index contributed by atoms with van der Waals surface area (Å²) in [6.45, 7) is 1.36. The van der Waals surface area contributed by atoms with Crippen molar-refractivity contribution in [3.8, 4) is 5.69 Å². The summed E-state index contributed by atoms with van der Waals surface area (Å²) < 4.78 is 39.0. The van der Waals surface area contributed by atoms with Gasteiger partial charge in [-0.1, -0.05) is 27.5 Å². The first-order valence-electron chi connectivity index (χ1n) is 5.51. The molecule has 0 aliphatic carbocycles. The second-order valence-electron chi connectivity index (χ2n) is 4.17. The van der Waals surface area contributed by atoms with Crippen LogP contribution < -0.4 is 11.2 Å². The van der Waals surface area contributed by atoms with Crippen LogP contribution in [0.2, 0.25) is 5.15 Å². The maximum Gasteiger partial charge on any atom is 0.417 e. The van der Waals surface area contributed by atoms with E-state index in [0.29, 0.717) is 10.6 Å². The van der Waals surface area contributed by atoms with Gasteiger partial charge >= 0.3 is 11.9 Å². The van der Waals surface area contributed by atoms with Crippen LogP contribution in [0.3, 0.4) is 0 Å². The number of nitrogens with zero attached hydrogens (tertiary/aromatic N) is 1. The molecule has 2 aromatic rings. The number of nitrogens with one attached hydrogen (secondary N) is 1. The van der Waals surface area contributed by atoms with Gasteiger partial charge in [0.25, 0.3) is 5.56 Å². The Balaban J connectivity index is 2.79. The van der Waals surface area contributed by atoms with Gasteiger partial charge in [0.1, 0.15) is 5.15 Å². The fraction of sp³-hybridized carbons (Fsp3) is 0.167. The van der Waals surface area contributed by atoms with Gasteiger partial charge in [-0.25, -0.2) is 9.36 Å². The maximum atomic E-state index is 12.9. The monoisotopic (exact) mass is 382 g/mol. The molecule has 0 radical (unpaired) electrons. The van der Waals surface area contributed by atoms with Crippen LogP contribution in [0.5, 0.6) is 0 Å². The predicted molar refractivity (Wildman–Crippen MR) is 75.1 cm³/mol. The topological polar surface area (TPSA) is 54.9 Å². The Labute approximate surface area is 129 Å². The Bertz CT molecular complexity index is 827. The lowest BCUT2D eigenvalue weighted by atomic mass is 10.2. The van der Waals surface area contributed by atoms with Gasteiger partial charge in [-0.05, 0) is 25.1 Å². The number of hydrogen-bond donors (Lipinski definition) is 1. The Hall–Kier alpha value is -1.54. The molecule has 4 nitrogen and oxygen atoms in total. The number of hydrogen-bond acceptors (Lipinski definition) is 2. The number of H-pyrrole nitrogens is 1. The van der Waals surface area contributed by atoms with E-state index in [2.05, 4.69) is 20.9 Å². The first kappa shape index (κ1) is 15.8. The largest absolute Gasteiger partial charge is 0.417 e. The standard InChI is InChI=1S/C12H7BrClF3N2O2/c1-5-9(14)18-11(21)19(10(5)20)6-2-3-8(13)7(4-6)12(15,16)17/h2-4H,1H3,(H,18,21). The molecule has 0 unspecified atom stereocenters. The average molecular weight is 384 g/mol. The first-order chi connectivity index (χ1) is 9.62. The smallest absolute Gasteiger partial charge is 0.297 e. The van der Waals surface area contributed by atoms with Crippen LogP contribution >= 0.6 is 27.5 Å². The zero-order chi connectivity index (χ0) is 15.9. The molecular weight excluding hydrogens is 376 g/mol. The molecule has 0 atom stereocenters. The Morgan fingerprint density at radius 3 is 2.48 bits per heavy atom. The van der Waals surface area contributed by atoms with Gasteiger partial charge in [-0.2, -0.15) is 13.2 Å². The fourth-order valence-corrected chi connectivity index (χ4v) is 2.33. The lowest BCUT2D eigenvalue weighted by Gasteiger charge is -2.12. The second kappa shape index (κ2) is 5.34. The third-order valence-electron chi connectivity index (χ3n) is 2.79. The summed E-state index contributed by atoms with van der Waals surface area (Å²) in [5.41, 5.74) is -2.84. The molecule has 0 bridgehead atoms.